The zero-order valence-corrected chi connectivity index (χ0v) is 15.9. The third-order valence-corrected chi connectivity index (χ3v) is 5.12. The first-order chi connectivity index (χ1) is 13.7. The number of methoxy groups -OCH3 is 1. The van der Waals surface area contributed by atoms with Crippen LogP contribution in [0.1, 0.15) is 36.8 Å². The van der Waals surface area contributed by atoms with E-state index in [0.29, 0.717) is 24.6 Å². The summed E-state index contributed by atoms with van der Waals surface area (Å²) in [7, 11) is 1.65. The Morgan fingerprint density at radius 1 is 1.18 bits per heavy atom. The average Bonchev–Trinajstić information content (AvgIpc) is 3.42. The maximum Gasteiger partial charge on any atom is 0.249 e. The molecule has 1 aliphatic rings. The largest absolute Gasteiger partial charge is 0.497 e. The summed E-state index contributed by atoms with van der Waals surface area (Å²) in [5.74, 6) is 2.03. The van der Waals surface area contributed by atoms with Crippen LogP contribution in [0.2, 0.25) is 0 Å². The van der Waals surface area contributed by atoms with Crippen molar-refractivity contribution in [2.75, 3.05) is 13.7 Å². The van der Waals surface area contributed by atoms with Gasteiger partial charge in [-0.05, 0) is 37.0 Å². The van der Waals surface area contributed by atoms with E-state index in [1.165, 1.54) is 0 Å². The smallest absolute Gasteiger partial charge is 0.249 e. The van der Waals surface area contributed by atoms with Gasteiger partial charge in [0.05, 0.1) is 7.11 Å². The van der Waals surface area contributed by atoms with Crippen molar-refractivity contribution in [2.24, 2.45) is 0 Å². The van der Waals surface area contributed by atoms with Crippen molar-refractivity contribution in [3.63, 3.8) is 0 Å². The number of aromatic nitrogens is 2. The predicted octanol–water partition coefficient (Wildman–Crippen LogP) is 4.04. The van der Waals surface area contributed by atoms with Crippen molar-refractivity contribution in [3.05, 3.63) is 66.1 Å². The summed E-state index contributed by atoms with van der Waals surface area (Å²) >= 11 is 0. The number of hydrogen-bond acceptors (Lipinski definition) is 5. The molecule has 4 rings (SSSR count). The van der Waals surface area contributed by atoms with Crippen LogP contribution in [-0.4, -0.2) is 34.6 Å². The molecule has 1 aliphatic heterocycles. The maximum absolute atomic E-state index is 12.8. The van der Waals surface area contributed by atoms with E-state index in [2.05, 4.69) is 10.1 Å². The number of nitrogens with zero attached hydrogens (tertiary/aromatic N) is 3. The van der Waals surface area contributed by atoms with E-state index in [4.69, 9.17) is 9.26 Å². The molecular formula is C22H23N3O3. The summed E-state index contributed by atoms with van der Waals surface area (Å²) in [6.45, 7) is 0.731. The zero-order chi connectivity index (χ0) is 19.3. The van der Waals surface area contributed by atoms with Crippen molar-refractivity contribution in [1.29, 1.82) is 0 Å². The highest BCUT2D eigenvalue weighted by atomic mass is 16.5. The minimum atomic E-state index is -0.131. The number of amides is 1. The summed E-state index contributed by atoms with van der Waals surface area (Å²) in [5.41, 5.74) is 2.03. The highest BCUT2D eigenvalue weighted by Gasteiger charge is 2.33. The van der Waals surface area contributed by atoms with E-state index in [1.807, 2.05) is 59.5 Å². The number of benzene rings is 2. The van der Waals surface area contributed by atoms with E-state index in [1.54, 1.807) is 7.11 Å². The Labute approximate surface area is 164 Å². The topological polar surface area (TPSA) is 68.5 Å². The number of likely N-dealkylation sites (tertiary alicyclic amines) is 1. The SMILES string of the molecule is COc1ccc(CCC(=O)N2CCCC2c2nc(-c3ccccc3)no2)cc1. The fourth-order valence-corrected chi connectivity index (χ4v) is 3.58. The Morgan fingerprint density at radius 3 is 2.71 bits per heavy atom. The van der Waals surface area contributed by atoms with Crippen LogP contribution in [0.25, 0.3) is 11.4 Å². The molecule has 1 aromatic heterocycles. The fraction of sp³-hybridized carbons (Fsp3) is 0.318. The first-order valence-electron chi connectivity index (χ1n) is 9.56. The minimum absolute atomic E-state index is 0.123. The number of rotatable bonds is 6. The predicted molar refractivity (Wildman–Crippen MR) is 105 cm³/mol. The molecule has 0 spiro atoms. The summed E-state index contributed by atoms with van der Waals surface area (Å²) in [6, 6.07) is 17.4. The molecular weight excluding hydrogens is 354 g/mol. The number of carbonyl (C=O) groups excluding carboxylic acids is 1. The zero-order valence-electron chi connectivity index (χ0n) is 15.9. The first-order valence-corrected chi connectivity index (χ1v) is 9.56. The molecule has 2 aromatic carbocycles. The lowest BCUT2D eigenvalue weighted by atomic mass is 10.1. The van der Waals surface area contributed by atoms with Gasteiger partial charge in [-0.15, -0.1) is 0 Å². The van der Waals surface area contributed by atoms with Gasteiger partial charge in [0.1, 0.15) is 11.8 Å². The Balaban J connectivity index is 1.41. The highest BCUT2D eigenvalue weighted by Crippen LogP contribution is 2.32. The normalized spacial score (nSPS) is 16.3. The van der Waals surface area contributed by atoms with Gasteiger partial charge < -0.3 is 14.2 Å². The van der Waals surface area contributed by atoms with Crippen LogP contribution < -0.4 is 4.74 Å². The summed E-state index contributed by atoms with van der Waals surface area (Å²) in [4.78, 5) is 19.2. The lowest BCUT2D eigenvalue weighted by Gasteiger charge is -2.21. The molecule has 6 heteroatoms. The monoisotopic (exact) mass is 377 g/mol. The quantitative estimate of drug-likeness (QED) is 0.648. The molecule has 1 fully saturated rings. The molecule has 0 radical (unpaired) electrons. The molecule has 28 heavy (non-hydrogen) atoms. The average molecular weight is 377 g/mol. The van der Waals surface area contributed by atoms with Crippen molar-refractivity contribution in [3.8, 4) is 17.1 Å². The van der Waals surface area contributed by atoms with Crippen molar-refractivity contribution >= 4 is 5.91 Å². The van der Waals surface area contributed by atoms with Crippen LogP contribution in [0.3, 0.4) is 0 Å². The summed E-state index contributed by atoms with van der Waals surface area (Å²) < 4.78 is 10.7. The molecule has 2 heterocycles. The Morgan fingerprint density at radius 2 is 1.96 bits per heavy atom. The summed E-state index contributed by atoms with van der Waals surface area (Å²) in [6.07, 6.45) is 2.96. The van der Waals surface area contributed by atoms with Crippen LogP contribution in [0, 0.1) is 0 Å². The van der Waals surface area contributed by atoms with Crippen molar-refractivity contribution in [1.82, 2.24) is 15.0 Å². The van der Waals surface area contributed by atoms with Crippen LogP contribution in [0.15, 0.2) is 59.1 Å². The van der Waals surface area contributed by atoms with Gasteiger partial charge in [0, 0.05) is 18.5 Å². The standard InChI is InChI=1S/C22H23N3O3/c1-27-18-12-9-16(10-13-18)11-14-20(26)25-15-5-8-19(25)22-23-21(24-28-22)17-6-3-2-4-7-17/h2-4,6-7,9-10,12-13,19H,5,8,11,14-15H2,1H3. The van der Waals surface area contributed by atoms with Gasteiger partial charge >= 0.3 is 0 Å². The van der Waals surface area contributed by atoms with Gasteiger partial charge in [-0.2, -0.15) is 4.98 Å². The third-order valence-electron chi connectivity index (χ3n) is 5.12. The molecule has 0 aliphatic carbocycles. The van der Waals surface area contributed by atoms with Crippen LogP contribution >= 0.6 is 0 Å². The minimum Gasteiger partial charge on any atom is -0.497 e. The summed E-state index contributed by atoms with van der Waals surface area (Å²) in [5, 5.41) is 4.10. The molecule has 1 amide bonds. The van der Waals surface area contributed by atoms with Crippen molar-refractivity contribution < 1.29 is 14.1 Å². The Hall–Kier alpha value is -3.15. The molecule has 0 saturated carbocycles. The van der Waals surface area contributed by atoms with Crippen LogP contribution in [-0.2, 0) is 11.2 Å². The highest BCUT2D eigenvalue weighted by molar-refractivity contribution is 5.77. The van der Waals surface area contributed by atoms with Gasteiger partial charge in [0.15, 0.2) is 0 Å². The maximum atomic E-state index is 12.8. The van der Waals surface area contributed by atoms with Crippen LogP contribution in [0.4, 0.5) is 0 Å². The number of aryl methyl sites for hydroxylation is 1. The first kappa shape index (κ1) is 18.2. The lowest BCUT2D eigenvalue weighted by Crippen LogP contribution is -2.30. The molecule has 144 valence electrons. The molecule has 0 N–H and O–H groups in total. The fourth-order valence-electron chi connectivity index (χ4n) is 3.58. The van der Waals surface area contributed by atoms with Crippen molar-refractivity contribution in [2.45, 2.75) is 31.7 Å². The third kappa shape index (κ3) is 3.91. The number of carbonyl (C=O) groups is 1. The molecule has 3 aromatic rings. The molecule has 1 atom stereocenters. The van der Waals surface area contributed by atoms with Gasteiger partial charge in [-0.1, -0.05) is 47.6 Å². The van der Waals surface area contributed by atoms with E-state index < -0.39 is 0 Å². The van der Waals surface area contributed by atoms with Gasteiger partial charge in [-0.25, -0.2) is 0 Å². The number of ether oxygens (including phenoxy) is 1. The van der Waals surface area contributed by atoms with E-state index in [0.717, 1.165) is 36.3 Å². The molecule has 6 nitrogen and oxygen atoms in total. The van der Waals surface area contributed by atoms with Gasteiger partial charge in [0.25, 0.3) is 0 Å². The van der Waals surface area contributed by atoms with E-state index >= 15 is 0 Å². The van der Waals surface area contributed by atoms with E-state index in [9.17, 15) is 4.79 Å². The Bertz CT molecular complexity index is 922. The molecule has 1 unspecified atom stereocenters. The molecule has 0 bridgehead atoms. The lowest BCUT2D eigenvalue weighted by molar-refractivity contribution is -0.132. The second kappa shape index (κ2) is 8.25. The van der Waals surface area contributed by atoms with Gasteiger partial charge in [0.2, 0.25) is 17.6 Å². The van der Waals surface area contributed by atoms with Gasteiger partial charge in [-0.3, -0.25) is 4.79 Å². The van der Waals surface area contributed by atoms with E-state index in [-0.39, 0.29) is 11.9 Å². The molecule has 1 saturated heterocycles. The second-order valence-electron chi connectivity index (χ2n) is 6.92. The number of hydrogen-bond donors (Lipinski definition) is 0. The Kier molecular flexibility index (Phi) is 5.37. The van der Waals surface area contributed by atoms with Crippen LogP contribution in [0.5, 0.6) is 5.75 Å². The second-order valence-corrected chi connectivity index (χ2v) is 6.92.